The summed E-state index contributed by atoms with van der Waals surface area (Å²) in [4.78, 5) is 12.9. The Labute approximate surface area is 262 Å². The van der Waals surface area contributed by atoms with Crippen LogP contribution in [0.4, 0.5) is 22.0 Å². The Morgan fingerprint density at radius 1 is 0.822 bits per heavy atom. The van der Waals surface area contributed by atoms with Gasteiger partial charge in [0, 0.05) is 43.1 Å². The number of alkyl halides is 5. The highest BCUT2D eigenvalue weighted by Gasteiger charge is 2.34. The molecule has 0 spiro atoms. The minimum Gasteiger partial charge on any atom is -0.493 e. The number of rotatable bonds is 19. The van der Waals surface area contributed by atoms with E-state index >= 15 is 0 Å². The van der Waals surface area contributed by atoms with Gasteiger partial charge in [-0.1, -0.05) is 31.9 Å². The molecule has 2 aromatic carbocycles. The molecule has 1 heterocycles. The van der Waals surface area contributed by atoms with Crippen molar-refractivity contribution in [3.05, 3.63) is 58.4 Å². The highest BCUT2D eigenvalue weighted by molar-refractivity contribution is 6.66. The lowest BCUT2D eigenvalue weighted by atomic mass is 10.00. The monoisotopic (exact) mass is 658 g/mol. The Balaban J connectivity index is 1.65. The van der Waals surface area contributed by atoms with Gasteiger partial charge in [-0.3, -0.25) is 0 Å². The molecular weight excluding hydrogens is 615 g/mol. The molecule has 0 radical (unpaired) electrons. The third kappa shape index (κ3) is 11.7. The molecule has 3 aromatic rings. The first kappa shape index (κ1) is 36.5. The summed E-state index contributed by atoms with van der Waals surface area (Å²) in [5.41, 5.74) is -0.145. The van der Waals surface area contributed by atoms with E-state index < -0.39 is 32.2 Å². The fourth-order valence-electron chi connectivity index (χ4n) is 5.21. The van der Waals surface area contributed by atoms with Crippen LogP contribution >= 0.6 is 0 Å². The van der Waals surface area contributed by atoms with Crippen LogP contribution < -0.4 is 15.1 Å². The molecule has 0 saturated carbocycles. The maximum Gasteiger partial charge on any atom is 0.573 e. The zero-order valence-corrected chi connectivity index (χ0v) is 27.4. The third-order valence-corrected chi connectivity index (χ3v) is 10.4. The van der Waals surface area contributed by atoms with Crippen LogP contribution in [0.15, 0.2) is 51.7 Å². The molecule has 6 nitrogen and oxygen atoms in total. The second-order valence-electron chi connectivity index (χ2n) is 11.1. The Morgan fingerprint density at radius 2 is 1.53 bits per heavy atom. The van der Waals surface area contributed by atoms with Crippen molar-refractivity contribution in [1.29, 1.82) is 0 Å². The molecule has 45 heavy (non-hydrogen) atoms. The summed E-state index contributed by atoms with van der Waals surface area (Å²) in [7, 11) is -2.44. The molecule has 0 atom stereocenters. The van der Waals surface area contributed by atoms with E-state index in [1.54, 1.807) is 18.2 Å². The van der Waals surface area contributed by atoms with Crippen molar-refractivity contribution in [2.24, 2.45) is 0 Å². The van der Waals surface area contributed by atoms with Gasteiger partial charge in [0.25, 0.3) is 0 Å². The second kappa shape index (κ2) is 16.6. The highest BCUT2D eigenvalue weighted by atomic mass is 28.4. The van der Waals surface area contributed by atoms with Crippen LogP contribution in [0.1, 0.15) is 71.3 Å². The number of aryl methyl sites for hydroxylation is 1. The molecule has 0 fully saturated rings. The van der Waals surface area contributed by atoms with Gasteiger partial charge < -0.3 is 22.7 Å². The van der Waals surface area contributed by atoms with E-state index in [9.17, 15) is 26.7 Å². The van der Waals surface area contributed by atoms with Crippen LogP contribution in [0.5, 0.6) is 11.5 Å². The predicted molar refractivity (Wildman–Crippen MR) is 166 cm³/mol. The number of fused-ring (bicyclic) bond motifs is 1. The van der Waals surface area contributed by atoms with Crippen molar-refractivity contribution in [2.75, 3.05) is 19.8 Å². The largest absolute Gasteiger partial charge is 0.573 e. The van der Waals surface area contributed by atoms with E-state index in [0.29, 0.717) is 48.8 Å². The Hall–Kier alpha value is -2.96. The van der Waals surface area contributed by atoms with Crippen LogP contribution in [-0.4, -0.2) is 40.7 Å². The molecule has 1 aromatic heterocycles. The molecule has 0 saturated heterocycles. The summed E-state index contributed by atoms with van der Waals surface area (Å²) in [6.45, 7) is 8.65. The van der Waals surface area contributed by atoms with Gasteiger partial charge in [0.15, 0.2) is 0 Å². The van der Waals surface area contributed by atoms with Crippen molar-refractivity contribution < 1.29 is 44.7 Å². The summed E-state index contributed by atoms with van der Waals surface area (Å²) in [6, 6.07) is 11.0. The van der Waals surface area contributed by atoms with Crippen molar-refractivity contribution in [2.45, 2.75) is 97.0 Å². The van der Waals surface area contributed by atoms with Crippen molar-refractivity contribution in [1.82, 2.24) is 0 Å². The Bertz CT molecular complexity index is 1420. The lowest BCUT2D eigenvalue weighted by Crippen LogP contribution is -2.39. The topological polar surface area (TPSA) is 67.1 Å². The van der Waals surface area contributed by atoms with Crippen LogP contribution in [0.25, 0.3) is 22.1 Å². The zero-order chi connectivity index (χ0) is 33.1. The molecule has 0 N–H and O–H groups in total. The normalized spacial score (nSPS) is 12.6. The van der Waals surface area contributed by atoms with E-state index in [-0.39, 0.29) is 42.6 Å². The summed E-state index contributed by atoms with van der Waals surface area (Å²) < 4.78 is 95.5. The van der Waals surface area contributed by atoms with Crippen LogP contribution in [0.3, 0.4) is 0 Å². The fourth-order valence-corrected chi connectivity index (χ4v) is 7.63. The summed E-state index contributed by atoms with van der Waals surface area (Å²) in [5.74, 6) is -3.01. The molecule has 0 aliphatic rings. The van der Waals surface area contributed by atoms with Crippen molar-refractivity contribution >= 4 is 19.5 Å². The molecule has 3 rings (SSSR count). The van der Waals surface area contributed by atoms with Gasteiger partial charge in [0.2, 0.25) is 5.92 Å². The Morgan fingerprint density at radius 3 is 2.20 bits per heavy atom. The molecular formula is C33H43F5O6Si. The number of unbranched alkanes of at least 4 members (excludes halogenated alkanes) is 2. The number of hydrogen-bond donors (Lipinski definition) is 0. The highest BCUT2D eigenvalue weighted by Crippen LogP contribution is 2.35. The van der Waals surface area contributed by atoms with Gasteiger partial charge >= 0.3 is 20.5 Å². The molecule has 0 aliphatic carbocycles. The minimum absolute atomic E-state index is 0.0243. The smallest absolute Gasteiger partial charge is 0.493 e. The zero-order valence-electron chi connectivity index (χ0n) is 26.4. The number of ether oxygens (including phenoxy) is 2. The van der Waals surface area contributed by atoms with Crippen LogP contribution in [0.2, 0.25) is 12.6 Å². The van der Waals surface area contributed by atoms with Gasteiger partial charge in [0.05, 0.1) is 12.2 Å². The third-order valence-electron chi connectivity index (χ3n) is 7.37. The number of hydrogen-bond acceptors (Lipinski definition) is 6. The van der Waals surface area contributed by atoms with E-state index in [4.69, 9.17) is 18.0 Å². The summed E-state index contributed by atoms with van der Waals surface area (Å²) in [6.07, 6.45) is -1.84. The molecule has 12 heteroatoms. The quantitative estimate of drug-likeness (QED) is 0.0553. The second-order valence-corrected chi connectivity index (χ2v) is 14.5. The van der Waals surface area contributed by atoms with E-state index in [1.807, 2.05) is 27.3 Å². The number of benzene rings is 2. The average Bonchev–Trinajstić information content (AvgIpc) is 2.95. The van der Waals surface area contributed by atoms with Gasteiger partial charge in [0.1, 0.15) is 17.1 Å². The maximum atomic E-state index is 14.5. The SMILES string of the molecule is CCCCCc1ccc(-c2cc3ccc(OCCCC(F)(F)CCC[Si](C)(OCC)OCC)cc3oc2=O)c(OC(F)(F)F)c1. The van der Waals surface area contributed by atoms with Crippen LogP contribution in [0, 0.1) is 0 Å². The first-order valence-corrected chi connectivity index (χ1v) is 18.1. The van der Waals surface area contributed by atoms with Gasteiger partial charge in [-0.05, 0) is 82.0 Å². The first-order chi connectivity index (χ1) is 21.3. The van der Waals surface area contributed by atoms with Crippen molar-refractivity contribution in [3.8, 4) is 22.6 Å². The fraction of sp³-hybridized carbons (Fsp3) is 0.545. The molecule has 0 unspecified atom stereocenters. The predicted octanol–water partition coefficient (Wildman–Crippen LogP) is 9.81. The lowest BCUT2D eigenvalue weighted by Gasteiger charge is -2.26. The van der Waals surface area contributed by atoms with E-state index in [0.717, 1.165) is 19.3 Å². The average molecular weight is 659 g/mol. The molecule has 0 bridgehead atoms. The molecule has 250 valence electrons. The van der Waals surface area contributed by atoms with Crippen molar-refractivity contribution in [3.63, 3.8) is 0 Å². The molecule has 0 aliphatic heterocycles. The standard InChI is InChI=1S/C33H43F5O6Si/c1-5-8-9-12-24-13-16-27(30(21-24)44-33(36,37)38)28-22-25-14-15-26(23-29(25)43-31(28)39)40-19-10-17-32(34,35)18-11-20-45(4,41-6-2)42-7-3/h13-16,21-23H,5-12,17-20H2,1-4H3. The first-order valence-electron chi connectivity index (χ1n) is 15.5. The van der Waals surface area contributed by atoms with Crippen LogP contribution in [-0.2, 0) is 15.3 Å². The number of halogens is 5. The Kier molecular flexibility index (Phi) is 13.4. The van der Waals surface area contributed by atoms with Gasteiger partial charge in [-0.2, -0.15) is 0 Å². The van der Waals surface area contributed by atoms with Gasteiger partial charge in [-0.25, -0.2) is 13.6 Å². The molecule has 0 amide bonds. The summed E-state index contributed by atoms with van der Waals surface area (Å²) in [5, 5.41) is 0.447. The lowest BCUT2D eigenvalue weighted by molar-refractivity contribution is -0.274. The minimum atomic E-state index is -4.94. The van der Waals surface area contributed by atoms with E-state index in [1.165, 1.54) is 24.3 Å². The maximum absolute atomic E-state index is 14.5. The summed E-state index contributed by atoms with van der Waals surface area (Å²) >= 11 is 0. The van der Waals surface area contributed by atoms with E-state index in [2.05, 4.69) is 4.74 Å². The van der Waals surface area contributed by atoms with Gasteiger partial charge in [-0.15, -0.1) is 13.2 Å².